The lowest BCUT2D eigenvalue weighted by molar-refractivity contribution is -0.265. The van der Waals surface area contributed by atoms with Crippen molar-refractivity contribution in [3.63, 3.8) is 0 Å². The van der Waals surface area contributed by atoms with E-state index in [0.29, 0.717) is 12.8 Å². The van der Waals surface area contributed by atoms with Crippen LogP contribution in [-0.4, -0.2) is 46.1 Å². The molecule has 3 atom stereocenters. The van der Waals surface area contributed by atoms with Gasteiger partial charge in [-0.1, -0.05) is 78.1 Å². The van der Waals surface area contributed by atoms with Crippen LogP contribution in [0.4, 0.5) is 0 Å². The Balaban J connectivity index is 4.36. The molecule has 3 unspecified atom stereocenters. The molecule has 0 aromatic rings. The van der Waals surface area contributed by atoms with Gasteiger partial charge in [-0.2, -0.15) is 0 Å². The number of aliphatic hydroxyl groups is 3. The van der Waals surface area contributed by atoms with Gasteiger partial charge in [-0.25, -0.2) is 19.4 Å². The average molecular weight is 405 g/mol. The second kappa shape index (κ2) is 17.9. The first-order valence-corrected chi connectivity index (χ1v) is 10.9. The van der Waals surface area contributed by atoms with Gasteiger partial charge in [0, 0.05) is 0 Å². The molecule has 0 saturated heterocycles. The Kier molecular flexibility index (Phi) is 17.1. The molecule has 0 aromatic heterocycles. The van der Waals surface area contributed by atoms with Gasteiger partial charge in [0.05, 0.1) is 25.0 Å². The minimum Gasteiger partial charge on any atom is -0.394 e. The second-order valence-corrected chi connectivity index (χ2v) is 7.43. The van der Waals surface area contributed by atoms with Gasteiger partial charge in [0.2, 0.25) is 0 Å². The van der Waals surface area contributed by atoms with E-state index >= 15 is 0 Å². The van der Waals surface area contributed by atoms with Crippen LogP contribution in [0.15, 0.2) is 0 Å². The third-order valence-corrected chi connectivity index (χ3v) is 4.87. The maximum absolute atomic E-state index is 12.2. The van der Waals surface area contributed by atoms with Gasteiger partial charge in [0.15, 0.2) is 0 Å². The third-order valence-electron chi connectivity index (χ3n) is 4.87. The van der Waals surface area contributed by atoms with Crippen LogP contribution in [0.1, 0.15) is 97.3 Å². The van der Waals surface area contributed by atoms with Crippen molar-refractivity contribution in [1.82, 2.24) is 0 Å². The molecule has 0 aromatic carbocycles. The van der Waals surface area contributed by atoms with Crippen LogP contribution < -0.4 is 0 Å². The Morgan fingerprint density at radius 1 is 0.786 bits per heavy atom. The van der Waals surface area contributed by atoms with Gasteiger partial charge in [-0.15, -0.1) is 0 Å². The van der Waals surface area contributed by atoms with Gasteiger partial charge in [-0.05, 0) is 12.8 Å². The molecule has 7 heteroatoms. The predicted octanol–water partition coefficient (Wildman–Crippen LogP) is 3.43. The first-order chi connectivity index (χ1) is 13.5. The molecule has 166 valence electrons. The topological polar surface area (TPSA) is 113 Å². The van der Waals surface area contributed by atoms with Crippen molar-refractivity contribution in [1.29, 1.82) is 0 Å². The number of carbonyl (C=O) groups excluding carboxylic acids is 2. The van der Waals surface area contributed by atoms with Crippen LogP contribution in [0.3, 0.4) is 0 Å². The van der Waals surface area contributed by atoms with E-state index < -0.39 is 36.7 Å². The van der Waals surface area contributed by atoms with Crippen molar-refractivity contribution >= 4 is 11.9 Å². The zero-order valence-corrected chi connectivity index (χ0v) is 17.6. The second-order valence-electron chi connectivity index (χ2n) is 7.43. The third kappa shape index (κ3) is 13.1. The highest BCUT2D eigenvalue weighted by atomic mass is 17.2. The summed E-state index contributed by atoms with van der Waals surface area (Å²) in [5.41, 5.74) is 0. The van der Waals surface area contributed by atoms with Gasteiger partial charge in [-0.3, -0.25) is 0 Å². The fourth-order valence-corrected chi connectivity index (χ4v) is 3.01. The highest BCUT2D eigenvalue weighted by molar-refractivity contribution is 5.75. The number of aliphatic hydroxyl groups excluding tert-OH is 3. The molecule has 0 rings (SSSR count). The summed E-state index contributed by atoms with van der Waals surface area (Å²) in [4.78, 5) is 33.1. The van der Waals surface area contributed by atoms with E-state index in [4.69, 9.17) is 5.11 Å². The molecule has 28 heavy (non-hydrogen) atoms. The van der Waals surface area contributed by atoms with Crippen LogP contribution in [0.2, 0.25) is 0 Å². The molecule has 0 bridgehead atoms. The van der Waals surface area contributed by atoms with Crippen molar-refractivity contribution in [3.8, 4) is 0 Å². The number of hydrogen-bond acceptors (Lipinski definition) is 7. The van der Waals surface area contributed by atoms with Crippen molar-refractivity contribution in [2.24, 2.45) is 5.92 Å². The first kappa shape index (κ1) is 26.8. The van der Waals surface area contributed by atoms with Crippen molar-refractivity contribution in [2.45, 2.75) is 110 Å². The summed E-state index contributed by atoms with van der Waals surface area (Å²) in [5.74, 6) is -2.57. The van der Waals surface area contributed by atoms with Crippen LogP contribution in [0.25, 0.3) is 0 Å². The Labute approximate surface area is 169 Å². The van der Waals surface area contributed by atoms with Crippen LogP contribution in [0.5, 0.6) is 0 Å². The Morgan fingerprint density at radius 2 is 1.32 bits per heavy atom. The lowest BCUT2D eigenvalue weighted by atomic mass is 9.92. The standard InChI is InChI=1S/C21H40O7/c1-3-5-7-9-11-12-14-17(20(25)18(23)16-22)21(26)28-27-19(24)15-13-10-8-6-4-2/h17-18,20,22-23,25H,3-16H2,1-2H3. The molecule has 7 nitrogen and oxygen atoms in total. The number of rotatable bonds is 17. The number of hydrogen-bond donors (Lipinski definition) is 3. The fourth-order valence-electron chi connectivity index (χ4n) is 3.01. The average Bonchev–Trinajstić information content (AvgIpc) is 2.70. The van der Waals surface area contributed by atoms with Crippen LogP contribution in [-0.2, 0) is 19.4 Å². The van der Waals surface area contributed by atoms with E-state index in [9.17, 15) is 19.8 Å². The highest BCUT2D eigenvalue weighted by Gasteiger charge is 2.34. The number of carbonyl (C=O) groups is 2. The summed E-state index contributed by atoms with van der Waals surface area (Å²) in [6.07, 6.45) is 8.41. The van der Waals surface area contributed by atoms with Crippen molar-refractivity contribution in [3.05, 3.63) is 0 Å². The van der Waals surface area contributed by atoms with E-state index in [2.05, 4.69) is 23.6 Å². The summed E-state index contributed by atoms with van der Waals surface area (Å²) >= 11 is 0. The molecule has 0 amide bonds. The Hall–Kier alpha value is -1.18. The van der Waals surface area contributed by atoms with E-state index in [1.165, 1.54) is 0 Å². The predicted molar refractivity (Wildman–Crippen MR) is 106 cm³/mol. The van der Waals surface area contributed by atoms with E-state index in [-0.39, 0.29) is 12.8 Å². The Morgan fingerprint density at radius 3 is 1.89 bits per heavy atom. The fraction of sp³-hybridized carbons (Fsp3) is 0.905. The summed E-state index contributed by atoms with van der Waals surface area (Å²) in [6, 6.07) is 0. The number of unbranched alkanes of at least 4 members (excludes halogenated alkanes) is 9. The molecule has 0 aliphatic carbocycles. The minimum atomic E-state index is -1.47. The maximum atomic E-state index is 12.2. The molecule has 0 aliphatic heterocycles. The molecule has 0 fully saturated rings. The molecule has 0 saturated carbocycles. The molecule has 0 radical (unpaired) electrons. The van der Waals surface area contributed by atoms with Crippen molar-refractivity contribution in [2.75, 3.05) is 6.61 Å². The SMILES string of the molecule is CCCCCCCCC(C(=O)OOC(=O)CCCCCCC)C(O)C(O)CO. The Bertz CT molecular complexity index is 400. The summed E-state index contributed by atoms with van der Waals surface area (Å²) in [6.45, 7) is 3.57. The molecule has 0 heterocycles. The first-order valence-electron chi connectivity index (χ1n) is 10.9. The zero-order chi connectivity index (χ0) is 21.2. The summed E-state index contributed by atoms with van der Waals surface area (Å²) in [7, 11) is 0. The molecule has 0 spiro atoms. The maximum Gasteiger partial charge on any atom is 0.361 e. The van der Waals surface area contributed by atoms with Gasteiger partial charge < -0.3 is 15.3 Å². The quantitative estimate of drug-likeness (QED) is 0.193. The normalized spacial score (nSPS) is 14.3. The molecular weight excluding hydrogens is 364 g/mol. The van der Waals surface area contributed by atoms with Gasteiger partial charge in [0.25, 0.3) is 0 Å². The van der Waals surface area contributed by atoms with Gasteiger partial charge in [0.1, 0.15) is 6.10 Å². The summed E-state index contributed by atoms with van der Waals surface area (Å²) in [5, 5.41) is 28.8. The van der Waals surface area contributed by atoms with Crippen LogP contribution in [0, 0.1) is 5.92 Å². The van der Waals surface area contributed by atoms with Crippen molar-refractivity contribution < 1.29 is 34.7 Å². The largest absolute Gasteiger partial charge is 0.394 e. The van der Waals surface area contributed by atoms with Crippen LogP contribution >= 0.6 is 0 Å². The lowest BCUT2D eigenvalue weighted by Gasteiger charge is -2.23. The lowest BCUT2D eigenvalue weighted by Crippen LogP contribution is -2.40. The van der Waals surface area contributed by atoms with E-state index in [1.807, 2.05) is 0 Å². The summed E-state index contributed by atoms with van der Waals surface area (Å²) < 4.78 is 0. The highest BCUT2D eigenvalue weighted by Crippen LogP contribution is 2.20. The minimum absolute atomic E-state index is 0.168. The zero-order valence-electron chi connectivity index (χ0n) is 17.6. The monoisotopic (exact) mass is 404 g/mol. The van der Waals surface area contributed by atoms with E-state index in [1.54, 1.807) is 0 Å². The van der Waals surface area contributed by atoms with Gasteiger partial charge >= 0.3 is 11.9 Å². The molecular formula is C21H40O7. The smallest absolute Gasteiger partial charge is 0.361 e. The van der Waals surface area contributed by atoms with E-state index in [0.717, 1.165) is 57.8 Å². The molecule has 3 N–H and O–H groups in total. The molecule has 0 aliphatic rings.